The average molecular weight is 278 g/mol. The number of methoxy groups -OCH3 is 1. The van der Waals surface area contributed by atoms with Crippen LogP contribution in [0.3, 0.4) is 0 Å². The second kappa shape index (κ2) is 6.33. The van der Waals surface area contributed by atoms with E-state index in [1.54, 1.807) is 36.2 Å². The summed E-state index contributed by atoms with van der Waals surface area (Å²) >= 11 is 1.70. The molecular weight excluding hydrogens is 264 g/mol. The normalized spacial score (nSPS) is 10.4. The Labute approximate surface area is 115 Å². The molecule has 1 aromatic carbocycles. The molecule has 4 nitrogen and oxygen atoms in total. The van der Waals surface area contributed by atoms with E-state index in [2.05, 4.69) is 0 Å². The summed E-state index contributed by atoms with van der Waals surface area (Å²) in [6, 6.07) is 8.94. The van der Waals surface area contributed by atoms with Crippen molar-refractivity contribution < 1.29 is 19.1 Å². The zero-order valence-corrected chi connectivity index (χ0v) is 11.3. The highest BCUT2D eigenvalue weighted by Gasteiger charge is 2.11. The Hall–Kier alpha value is -1.88. The molecule has 1 heterocycles. The van der Waals surface area contributed by atoms with E-state index in [0.29, 0.717) is 5.75 Å². The zero-order chi connectivity index (χ0) is 13.7. The predicted octanol–water partition coefficient (Wildman–Crippen LogP) is 3.42. The van der Waals surface area contributed by atoms with Crippen molar-refractivity contribution in [3.63, 3.8) is 0 Å². The Balaban J connectivity index is 1.99. The molecule has 0 aliphatic carbocycles. The first kappa shape index (κ1) is 13.5. The molecule has 0 aliphatic rings. The van der Waals surface area contributed by atoms with Crippen molar-refractivity contribution in [2.45, 2.75) is 11.5 Å². The van der Waals surface area contributed by atoms with Gasteiger partial charge in [0.2, 0.25) is 0 Å². The predicted molar refractivity (Wildman–Crippen MR) is 73.7 cm³/mol. The van der Waals surface area contributed by atoms with E-state index in [-0.39, 0.29) is 5.56 Å². The fraction of sp³-hybridized carbons (Fsp3) is 0.214. The number of aromatic carboxylic acids is 1. The van der Waals surface area contributed by atoms with Crippen molar-refractivity contribution in [3.8, 4) is 5.75 Å². The van der Waals surface area contributed by atoms with Crippen molar-refractivity contribution in [2.24, 2.45) is 0 Å². The maximum Gasteiger partial charge on any atom is 0.339 e. The van der Waals surface area contributed by atoms with Gasteiger partial charge in [0.25, 0.3) is 0 Å². The average Bonchev–Trinajstić information content (AvgIpc) is 2.91. The minimum absolute atomic E-state index is 0.183. The second-order valence-corrected chi connectivity index (χ2v) is 4.90. The molecule has 0 saturated heterocycles. The Morgan fingerprint density at radius 1 is 1.37 bits per heavy atom. The molecule has 0 bridgehead atoms. The lowest BCUT2D eigenvalue weighted by Crippen LogP contribution is -2.00. The molecule has 0 amide bonds. The van der Waals surface area contributed by atoms with E-state index in [4.69, 9.17) is 14.3 Å². The van der Waals surface area contributed by atoms with Crippen molar-refractivity contribution in [1.82, 2.24) is 0 Å². The van der Waals surface area contributed by atoms with Crippen LogP contribution in [0.4, 0.5) is 0 Å². The van der Waals surface area contributed by atoms with Crippen LogP contribution >= 0.6 is 11.8 Å². The van der Waals surface area contributed by atoms with Crippen molar-refractivity contribution in [2.75, 3.05) is 7.11 Å². The molecular formula is C14H14O4S. The van der Waals surface area contributed by atoms with E-state index >= 15 is 0 Å². The van der Waals surface area contributed by atoms with Crippen LogP contribution in [0.25, 0.3) is 0 Å². The van der Waals surface area contributed by atoms with Gasteiger partial charge in [0, 0.05) is 5.75 Å². The largest absolute Gasteiger partial charge is 0.496 e. The second-order valence-electron chi connectivity index (χ2n) is 3.91. The minimum Gasteiger partial charge on any atom is -0.496 e. The van der Waals surface area contributed by atoms with Crippen LogP contribution in [0, 0.1) is 0 Å². The molecule has 0 radical (unpaired) electrons. The van der Waals surface area contributed by atoms with E-state index in [1.165, 1.54) is 7.11 Å². The van der Waals surface area contributed by atoms with Gasteiger partial charge >= 0.3 is 5.97 Å². The van der Waals surface area contributed by atoms with Crippen LogP contribution < -0.4 is 4.74 Å². The van der Waals surface area contributed by atoms with Gasteiger partial charge in [0.05, 0.1) is 19.1 Å². The first-order chi connectivity index (χ1) is 9.20. The number of carboxylic acid groups (broad SMARTS) is 1. The highest BCUT2D eigenvalue weighted by Crippen LogP contribution is 2.24. The number of furan rings is 1. The summed E-state index contributed by atoms with van der Waals surface area (Å²) in [5.41, 5.74) is 1.21. The fourth-order valence-corrected chi connectivity index (χ4v) is 2.55. The molecule has 0 unspecified atom stereocenters. The van der Waals surface area contributed by atoms with Gasteiger partial charge in [-0.2, -0.15) is 0 Å². The van der Waals surface area contributed by atoms with Crippen LogP contribution in [0.5, 0.6) is 5.75 Å². The topological polar surface area (TPSA) is 59.7 Å². The van der Waals surface area contributed by atoms with Gasteiger partial charge in [0.15, 0.2) is 0 Å². The first-order valence-electron chi connectivity index (χ1n) is 5.71. The van der Waals surface area contributed by atoms with Gasteiger partial charge in [0.1, 0.15) is 17.1 Å². The van der Waals surface area contributed by atoms with Gasteiger partial charge in [-0.3, -0.25) is 0 Å². The number of hydrogen-bond acceptors (Lipinski definition) is 4. The maximum absolute atomic E-state index is 11.0. The molecule has 0 aliphatic heterocycles. The quantitative estimate of drug-likeness (QED) is 0.877. The number of carbonyl (C=O) groups is 1. The van der Waals surface area contributed by atoms with Gasteiger partial charge in [-0.05, 0) is 29.8 Å². The summed E-state index contributed by atoms with van der Waals surface area (Å²) in [4.78, 5) is 11.0. The van der Waals surface area contributed by atoms with E-state index < -0.39 is 5.97 Å². The molecule has 100 valence electrons. The van der Waals surface area contributed by atoms with Gasteiger partial charge in [-0.15, -0.1) is 11.8 Å². The highest BCUT2D eigenvalue weighted by atomic mass is 32.2. The molecule has 2 rings (SSSR count). The lowest BCUT2D eigenvalue weighted by molar-refractivity contribution is 0.0693. The van der Waals surface area contributed by atoms with Gasteiger partial charge in [-0.25, -0.2) is 4.79 Å². The van der Waals surface area contributed by atoms with E-state index in [1.807, 2.05) is 12.1 Å². The third kappa shape index (κ3) is 3.54. The van der Waals surface area contributed by atoms with Crippen LogP contribution in [0.1, 0.15) is 21.7 Å². The first-order valence-corrected chi connectivity index (χ1v) is 6.86. The number of ether oxygens (including phenoxy) is 1. The number of carboxylic acids is 1. The molecule has 0 saturated carbocycles. The van der Waals surface area contributed by atoms with Crippen LogP contribution in [0.15, 0.2) is 41.0 Å². The van der Waals surface area contributed by atoms with Gasteiger partial charge in [-0.1, -0.05) is 6.07 Å². The highest BCUT2D eigenvalue weighted by molar-refractivity contribution is 7.97. The molecule has 0 fully saturated rings. The Morgan fingerprint density at radius 2 is 2.21 bits per heavy atom. The van der Waals surface area contributed by atoms with Crippen LogP contribution in [-0.2, 0) is 11.5 Å². The molecule has 0 spiro atoms. The van der Waals surface area contributed by atoms with Gasteiger partial charge < -0.3 is 14.3 Å². The summed E-state index contributed by atoms with van der Waals surface area (Å²) in [5.74, 6) is 1.90. The van der Waals surface area contributed by atoms with Crippen LogP contribution in [-0.4, -0.2) is 18.2 Å². The molecule has 0 atom stereocenters. The Kier molecular flexibility index (Phi) is 4.52. The third-order valence-electron chi connectivity index (χ3n) is 2.59. The summed E-state index contributed by atoms with van der Waals surface area (Å²) in [6.07, 6.45) is 1.65. The minimum atomic E-state index is -0.980. The van der Waals surface area contributed by atoms with E-state index in [0.717, 1.165) is 22.8 Å². The molecule has 1 aromatic heterocycles. The summed E-state index contributed by atoms with van der Waals surface area (Å²) < 4.78 is 10.3. The zero-order valence-electron chi connectivity index (χ0n) is 10.5. The smallest absolute Gasteiger partial charge is 0.339 e. The lowest BCUT2D eigenvalue weighted by atomic mass is 10.1. The maximum atomic E-state index is 11.0. The van der Waals surface area contributed by atoms with Crippen molar-refractivity contribution in [3.05, 3.63) is 53.5 Å². The lowest BCUT2D eigenvalue weighted by Gasteiger charge is -2.07. The van der Waals surface area contributed by atoms with Crippen molar-refractivity contribution in [1.29, 1.82) is 0 Å². The third-order valence-corrected chi connectivity index (χ3v) is 3.62. The van der Waals surface area contributed by atoms with Crippen LogP contribution in [0.2, 0.25) is 0 Å². The Bertz CT molecular complexity index is 549. The molecule has 5 heteroatoms. The summed E-state index contributed by atoms with van der Waals surface area (Å²) in [5, 5.41) is 8.99. The molecule has 19 heavy (non-hydrogen) atoms. The van der Waals surface area contributed by atoms with Crippen molar-refractivity contribution >= 4 is 17.7 Å². The number of benzene rings is 1. The monoisotopic (exact) mass is 278 g/mol. The Morgan fingerprint density at radius 3 is 2.84 bits per heavy atom. The fourth-order valence-electron chi connectivity index (χ4n) is 1.67. The number of rotatable bonds is 6. The SMILES string of the molecule is COc1cc(CSCc2ccco2)ccc1C(=O)O. The summed E-state index contributed by atoms with van der Waals surface area (Å²) in [6.45, 7) is 0. The number of thioether (sulfide) groups is 1. The number of hydrogen-bond donors (Lipinski definition) is 1. The summed E-state index contributed by atoms with van der Waals surface area (Å²) in [7, 11) is 1.47. The standard InChI is InChI=1S/C14H14O4S/c1-17-13-7-10(4-5-12(13)14(15)16)8-19-9-11-3-2-6-18-11/h2-7H,8-9H2,1H3,(H,15,16). The molecule has 2 aromatic rings. The van der Waals surface area contributed by atoms with E-state index in [9.17, 15) is 4.79 Å². The molecule has 1 N–H and O–H groups in total.